The Morgan fingerprint density at radius 1 is 1.19 bits per heavy atom. The van der Waals surface area contributed by atoms with E-state index in [1.54, 1.807) is 38.6 Å². The van der Waals surface area contributed by atoms with E-state index in [9.17, 15) is 4.79 Å². The van der Waals surface area contributed by atoms with Crippen LogP contribution in [0.1, 0.15) is 22.3 Å². The molecule has 0 saturated carbocycles. The smallest absolute Gasteiger partial charge is 0.254 e. The maximum Gasteiger partial charge on any atom is 0.254 e. The third-order valence-electron chi connectivity index (χ3n) is 4.88. The van der Waals surface area contributed by atoms with Crippen LogP contribution in [0.15, 0.2) is 48.8 Å². The zero-order valence-corrected chi connectivity index (χ0v) is 15.4. The maximum absolute atomic E-state index is 12.9. The van der Waals surface area contributed by atoms with Crippen molar-refractivity contribution in [2.45, 2.75) is 6.42 Å². The van der Waals surface area contributed by atoms with Crippen LogP contribution in [0, 0.1) is 0 Å². The quantitative estimate of drug-likeness (QED) is 0.770. The predicted molar refractivity (Wildman–Crippen MR) is 104 cm³/mol. The van der Waals surface area contributed by atoms with Crippen molar-refractivity contribution >= 4 is 22.5 Å². The molecule has 0 spiro atoms. The molecular weight excluding hydrogens is 342 g/mol. The average molecular weight is 363 g/mol. The molecule has 6 nitrogen and oxygen atoms in total. The Labute approximate surface area is 157 Å². The first kappa shape index (κ1) is 17.1. The van der Waals surface area contributed by atoms with Crippen LogP contribution < -0.4 is 9.47 Å². The molecule has 2 aromatic heterocycles. The first-order chi connectivity index (χ1) is 13.2. The molecule has 0 fully saturated rings. The molecular formula is C21H21N3O3. The van der Waals surface area contributed by atoms with E-state index in [1.807, 2.05) is 23.2 Å². The molecule has 1 aliphatic heterocycles. The van der Waals surface area contributed by atoms with Gasteiger partial charge in [0.15, 0.2) is 0 Å². The summed E-state index contributed by atoms with van der Waals surface area (Å²) in [6.07, 6.45) is 6.69. The summed E-state index contributed by atoms with van der Waals surface area (Å²) < 4.78 is 10.5. The predicted octanol–water partition coefficient (Wildman–Crippen LogP) is 3.51. The van der Waals surface area contributed by atoms with Gasteiger partial charge in [-0.3, -0.25) is 9.78 Å². The molecule has 6 heteroatoms. The summed E-state index contributed by atoms with van der Waals surface area (Å²) in [6.45, 7) is 1.22. The number of pyridine rings is 1. The molecule has 138 valence electrons. The van der Waals surface area contributed by atoms with E-state index in [0.29, 0.717) is 30.2 Å². The first-order valence-electron chi connectivity index (χ1n) is 8.83. The van der Waals surface area contributed by atoms with Crippen molar-refractivity contribution in [1.29, 1.82) is 0 Å². The summed E-state index contributed by atoms with van der Waals surface area (Å²) in [5, 5.41) is 0. The minimum Gasteiger partial charge on any atom is -0.497 e. The normalized spacial score (nSPS) is 14.1. The number of benzene rings is 1. The van der Waals surface area contributed by atoms with Crippen LogP contribution in [-0.2, 0) is 0 Å². The van der Waals surface area contributed by atoms with Gasteiger partial charge < -0.3 is 19.4 Å². The van der Waals surface area contributed by atoms with E-state index in [2.05, 4.69) is 16.0 Å². The average Bonchev–Trinajstić information content (AvgIpc) is 3.17. The van der Waals surface area contributed by atoms with E-state index in [0.717, 1.165) is 23.0 Å². The minimum absolute atomic E-state index is 0.0282. The molecule has 1 aliphatic rings. The number of carbonyl (C=O) groups is 1. The van der Waals surface area contributed by atoms with Gasteiger partial charge in [0.1, 0.15) is 11.5 Å². The number of methoxy groups -OCH3 is 2. The highest BCUT2D eigenvalue weighted by Crippen LogP contribution is 2.29. The molecule has 0 unspecified atom stereocenters. The van der Waals surface area contributed by atoms with Crippen LogP contribution in [-0.4, -0.2) is 48.1 Å². The van der Waals surface area contributed by atoms with Crippen molar-refractivity contribution in [3.63, 3.8) is 0 Å². The second-order valence-corrected chi connectivity index (χ2v) is 6.43. The topological polar surface area (TPSA) is 67.5 Å². The first-order valence-corrected chi connectivity index (χ1v) is 8.83. The number of rotatable bonds is 4. The summed E-state index contributed by atoms with van der Waals surface area (Å²) in [6, 6.07) is 9.18. The fraction of sp³-hybridized carbons (Fsp3) is 0.238. The summed E-state index contributed by atoms with van der Waals surface area (Å²) >= 11 is 0. The number of ether oxygens (including phenoxy) is 2. The third kappa shape index (κ3) is 3.26. The van der Waals surface area contributed by atoms with Crippen molar-refractivity contribution < 1.29 is 14.3 Å². The van der Waals surface area contributed by atoms with E-state index >= 15 is 0 Å². The fourth-order valence-electron chi connectivity index (χ4n) is 3.41. The van der Waals surface area contributed by atoms with Gasteiger partial charge in [-0.25, -0.2) is 0 Å². The van der Waals surface area contributed by atoms with Gasteiger partial charge in [0.25, 0.3) is 5.91 Å². The molecule has 0 aliphatic carbocycles. The number of fused-ring (bicyclic) bond motifs is 1. The van der Waals surface area contributed by atoms with Crippen LogP contribution in [0.2, 0.25) is 0 Å². The highest BCUT2D eigenvalue weighted by molar-refractivity contribution is 5.96. The summed E-state index contributed by atoms with van der Waals surface area (Å²) in [5.74, 6) is 1.19. The number of H-pyrrole nitrogens is 1. The van der Waals surface area contributed by atoms with Gasteiger partial charge in [0.05, 0.1) is 25.3 Å². The Balaban J connectivity index is 1.56. The molecule has 27 heavy (non-hydrogen) atoms. The lowest BCUT2D eigenvalue weighted by molar-refractivity contribution is 0.0772. The van der Waals surface area contributed by atoms with E-state index < -0.39 is 0 Å². The van der Waals surface area contributed by atoms with Gasteiger partial charge >= 0.3 is 0 Å². The van der Waals surface area contributed by atoms with Gasteiger partial charge in [-0.15, -0.1) is 0 Å². The van der Waals surface area contributed by atoms with Crippen LogP contribution in [0.3, 0.4) is 0 Å². The lowest BCUT2D eigenvalue weighted by Crippen LogP contribution is -2.34. The van der Waals surface area contributed by atoms with Crippen LogP contribution >= 0.6 is 0 Å². The van der Waals surface area contributed by atoms with Gasteiger partial charge in [-0.05, 0) is 36.3 Å². The molecule has 1 N–H and O–H groups in total. The Bertz CT molecular complexity index is 1000. The monoisotopic (exact) mass is 363 g/mol. The van der Waals surface area contributed by atoms with Crippen molar-refractivity contribution in [1.82, 2.24) is 14.9 Å². The maximum atomic E-state index is 12.9. The SMILES string of the molecule is COc1cc(OC)cc(C(=O)N2CC=C(c3c[nH]c4cccnc34)CC2)c1. The standard InChI is InChI=1S/C21H21N3O3/c1-26-16-10-15(11-17(12-16)27-2)21(25)24-8-5-14(6-9-24)18-13-23-19-4-3-7-22-20(18)19/h3-5,7,10-13,23H,6,8-9H2,1-2H3. The van der Waals surface area contributed by atoms with Gasteiger partial charge in [0, 0.05) is 42.7 Å². The van der Waals surface area contributed by atoms with Crippen molar-refractivity contribution in [2.75, 3.05) is 27.3 Å². The molecule has 0 atom stereocenters. The summed E-state index contributed by atoms with van der Waals surface area (Å²) in [5.41, 5.74) is 4.89. The van der Waals surface area contributed by atoms with E-state index in [4.69, 9.17) is 9.47 Å². The number of nitrogens with zero attached hydrogens (tertiary/aromatic N) is 2. The summed E-state index contributed by atoms with van der Waals surface area (Å²) in [4.78, 5) is 22.5. The van der Waals surface area contributed by atoms with Crippen LogP contribution in [0.5, 0.6) is 11.5 Å². The van der Waals surface area contributed by atoms with Crippen molar-refractivity contribution in [3.8, 4) is 11.5 Å². The van der Waals surface area contributed by atoms with E-state index in [1.165, 1.54) is 5.57 Å². The number of amides is 1. The van der Waals surface area contributed by atoms with Crippen molar-refractivity contribution in [2.24, 2.45) is 0 Å². The number of aromatic amines is 1. The Morgan fingerprint density at radius 3 is 2.63 bits per heavy atom. The fourth-order valence-corrected chi connectivity index (χ4v) is 3.41. The lowest BCUT2D eigenvalue weighted by Gasteiger charge is -2.26. The second kappa shape index (κ2) is 7.15. The molecule has 0 saturated heterocycles. The van der Waals surface area contributed by atoms with Crippen molar-refractivity contribution in [3.05, 3.63) is 59.9 Å². The highest BCUT2D eigenvalue weighted by Gasteiger charge is 2.22. The molecule has 4 rings (SSSR count). The summed E-state index contributed by atoms with van der Waals surface area (Å²) in [7, 11) is 3.16. The molecule has 0 radical (unpaired) electrons. The zero-order valence-electron chi connectivity index (χ0n) is 15.4. The molecule has 3 heterocycles. The molecule has 0 bridgehead atoms. The molecule has 1 aromatic carbocycles. The van der Waals surface area contributed by atoms with Crippen LogP contribution in [0.25, 0.3) is 16.6 Å². The van der Waals surface area contributed by atoms with Gasteiger partial charge in [-0.1, -0.05) is 6.08 Å². The van der Waals surface area contributed by atoms with Gasteiger partial charge in [0.2, 0.25) is 0 Å². The molecule has 3 aromatic rings. The highest BCUT2D eigenvalue weighted by atomic mass is 16.5. The van der Waals surface area contributed by atoms with E-state index in [-0.39, 0.29) is 5.91 Å². The largest absolute Gasteiger partial charge is 0.497 e. The minimum atomic E-state index is -0.0282. The third-order valence-corrected chi connectivity index (χ3v) is 4.88. The second-order valence-electron chi connectivity index (χ2n) is 6.43. The number of nitrogens with one attached hydrogen (secondary N) is 1. The molecule has 1 amide bonds. The lowest BCUT2D eigenvalue weighted by atomic mass is 10.0. The zero-order chi connectivity index (χ0) is 18.8. The Morgan fingerprint density at radius 2 is 1.96 bits per heavy atom. The number of aromatic nitrogens is 2. The van der Waals surface area contributed by atoms with Gasteiger partial charge in [-0.2, -0.15) is 0 Å². The van der Waals surface area contributed by atoms with Crippen LogP contribution in [0.4, 0.5) is 0 Å². The number of carbonyl (C=O) groups excluding carboxylic acids is 1. The number of hydrogen-bond acceptors (Lipinski definition) is 4. The number of hydrogen-bond donors (Lipinski definition) is 1. The Kier molecular flexibility index (Phi) is 4.54. The Hall–Kier alpha value is -3.28.